The Bertz CT molecular complexity index is 548. The maximum absolute atomic E-state index is 12.8. The van der Waals surface area contributed by atoms with Crippen LogP contribution in [0.4, 0.5) is 4.39 Å². The van der Waals surface area contributed by atoms with Crippen molar-refractivity contribution >= 4 is 35.0 Å². The maximum Gasteiger partial charge on any atom is 0.140 e. The Kier molecular flexibility index (Phi) is 7.26. The highest BCUT2D eigenvalue weighted by Gasteiger charge is 2.04. The van der Waals surface area contributed by atoms with E-state index in [2.05, 4.69) is 40.0 Å². The van der Waals surface area contributed by atoms with Gasteiger partial charge in [0.15, 0.2) is 0 Å². The van der Waals surface area contributed by atoms with Crippen LogP contribution in [0.1, 0.15) is 5.56 Å². The summed E-state index contributed by atoms with van der Waals surface area (Å²) in [6.45, 7) is 0.953. The minimum absolute atomic E-state index is 0. The first-order chi connectivity index (χ1) is 9.19. The highest BCUT2D eigenvalue weighted by atomic mass is 127. The van der Waals surface area contributed by atoms with Crippen LogP contribution < -0.4 is 10.1 Å². The molecule has 0 atom stereocenters. The van der Waals surface area contributed by atoms with Crippen LogP contribution in [0.5, 0.6) is 11.5 Å². The molecule has 1 N–H and O–H groups in total. The molecule has 0 bridgehead atoms. The van der Waals surface area contributed by atoms with E-state index in [0.717, 1.165) is 22.3 Å². The molecule has 20 heavy (non-hydrogen) atoms. The first kappa shape index (κ1) is 17.2. The summed E-state index contributed by atoms with van der Waals surface area (Å²) in [6, 6.07) is 12.2. The van der Waals surface area contributed by atoms with Crippen molar-refractivity contribution in [3.8, 4) is 11.5 Å². The fraction of sp³-hybridized carbons (Fsp3) is 0.200. The molecule has 108 valence electrons. The lowest BCUT2D eigenvalue weighted by atomic mass is 10.1. The van der Waals surface area contributed by atoms with Crippen LogP contribution in [0.2, 0.25) is 0 Å². The Morgan fingerprint density at radius 1 is 1.15 bits per heavy atom. The van der Waals surface area contributed by atoms with Crippen molar-refractivity contribution in [3.63, 3.8) is 0 Å². The second-order valence-electron chi connectivity index (χ2n) is 4.17. The van der Waals surface area contributed by atoms with Crippen LogP contribution >= 0.6 is 35.0 Å². The van der Waals surface area contributed by atoms with Gasteiger partial charge in [-0.1, -0.05) is 6.07 Å². The van der Waals surface area contributed by atoms with Crippen LogP contribution in [-0.4, -0.2) is 13.6 Å². The lowest BCUT2D eigenvalue weighted by Crippen LogP contribution is -2.10. The lowest BCUT2D eigenvalue weighted by Gasteiger charge is -2.09. The first-order valence-corrected chi connectivity index (χ1v) is 7.13. The smallest absolute Gasteiger partial charge is 0.140 e. The largest absolute Gasteiger partial charge is 0.456 e. The summed E-state index contributed by atoms with van der Waals surface area (Å²) in [4.78, 5) is 0. The number of nitrogens with one attached hydrogen (secondary N) is 1. The van der Waals surface area contributed by atoms with E-state index in [4.69, 9.17) is 4.74 Å². The number of halogens is 3. The molecule has 5 heteroatoms. The average molecular weight is 408 g/mol. The number of benzene rings is 2. The fourth-order valence-electron chi connectivity index (χ4n) is 1.68. The molecule has 0 unspecified atom stereocenters. The number of rotatable bonds is 5. The lowest BCUT2D eigenvalue weighted by molar-refractivity contribution is 0.477. The van der Waals surface area contributed by atoms with Crippen molar-refractivity contribution in [1.29, 1.82) is 0 Å². The van der Waals surface area contributed by atoms with Gasteiger partial charge in [0.2, 0.25) is 0 Å². The monoisotopic (exact) mass is 407 g/mol. The van der Waals surface area contributed by atoms with E-state index in [1.807, 2.05) is 13.1 Å². The van der Waals surface area contributed by atoms with Gasteiger partial charge in [-0.2, -0.15) is 0 Å². The predicted molar refractivity (Wildman–Crippen MR) is 90.5 cm³/mol. The molecule has 0 fully saturated rings. The van der Waals surface area contributed by atoms with Gasteiger partial charge in [-0.05, 0) is 84.6 Å². The van der Waals surface area contributed by atoms with Gasteiger partial charge in [0.1, 0.15) is 17.3 Å². The minimum atomic E-state index is -0.260. The summed E-state index contributed by atoms with van der Waals surface area (Å²) in [5.74, 6) is 1.17. The quantitative estimate of drug-likeness (QED) is 0.742. The van der Waals surface area contributed by atoms with Crippen LogP contribution in [-0.2, 0) is 6.42 Å². The standard InChI is InChI=1S/C15H15FINO.ClH/c1-18-9-8-11-2-7-15(14(17)10-11)19-13-5-3-12(16)4-6-13;/h2-7,10,18H,8-9H2,1H3;1H. The molecule has 0 spiro atoms. The van der Waals surface area contributed by atoms with Crippen molar-refractivity contribution < 1.29 is 9.13 Å². The summed E-state index contributed by atoms with van der Waals surface area (Å²) >= 11 is 2.25. The third-order valence-corrected chi connectivity index (χ3v) is 3.54. The van der Waals surface area contributed by atoms with Crippen LogP contribution in [0.25, 0.3) is 0 Å². The first-order valence-electron chi connectivity index (χ1n) is 6.05. The zero-order chi connectivity index (χ0) is 13.7. The Hall–Kier alpha value is -0.850. The molecule has 0 amide bonds. The Morgan fingerprint density at radius 2 is 1.85 bits per heavy atom. The van der Waals surface area contributed by atoms with Crippen molar-refractivity contribution in [2.45, 2.75) is 6.42 Å². The molecule has 2 aromatic rings. The fourth-order valence-corrected chi connectivity index (χ4v) is 2.37. The van der Waals surface area contributed by atoms with Gasteiger partial charge in [0.05, 0.1) is 3.57 Å². The number of hydrogen-bond acceptors (Lipinski definition) is 2. The number of hydrogen-bond donors (Lipinski definition) is 1. The zero-order valence-corrected chi connectivity index (χ0v) is 14.0. The van der Waals surface area contributed by atoms with Crippen molar-refractivity contribution in [1.82, 2.24) is 5.32 Å². The molecule has 0 aliphatic carbocycles. The van der Waals surface area contributed by atoms with Gasteiger partial charge in [0.25, 0.3) is 0 Å². The van der Waals surface area contributed by atoms with Crippen LogP contribution in [0.15, 0.2) is 42.5 Å². The maximum atomic E-state index is 12.8. The summed E-state index contributed by atoms with van der Waals surface area (Å²) < 4.78 is 19.6. The molecule has 0 radical (unpaired) electrons. The van der Waals surface area contributed by atoms with Crippen LogP contribution in [0, 0.1) is 9.39 Å². The second-order valence-corrected chi connectivity index (χ2v) is 5.34. The topological polar surface area (TPSA) is 21.3 Å². The van der Waals surface area contributed by atoms with Gasteiger partial charge >= 0.3 is 0 Å². The van der Waals surface area contributed by atoms with Crippen LogP contribution in [0.3, 0.4) is 0 Å². The molecule has 2 nitrogen and oxygen atoms in total. The van der Waals surface area contributed by atoms with Gasteiger partial charge in [-0.3, -0.25) is 0 Å². The molecule has 2 aromatic carbocycles. The summed E-state index contributed by atoms with van der Waals surface area (Å²) in [6.07, 6.45) is 0.989. The van der Waals surface area contributed by atoms with Crippen molar-refractivity contribution in [2.75, 3.05) is 13.6 Å². The molecule has 2 rings (SSSR count). The molecule has 0 aliphatic rings. The SMILES string of the molecule is CNCCc1ccc(Oc2ccc(F)cc2)c(I)c1.Cl. The number of likely N-dealkylation sites (N-methyl/N-ethyl adjacent to an activating group) is 1. The average Bonchev–Trinajstić information content (AvgIpc) is 2.41. The highest BCUT2D eigenvalue weighted by molar-refractivity contribution is 14.1. The van der Waals surface area contributed by atoms with E-state index in [-0.39, 0.29) is 18.2 Å². The number of ether oxygens (including phenoxy) is 1. The van der Waals surface area contributed by atoms with E-state index >= 15 is 0 Å². The van der Waals surface area contributed by atoms with Crippen molar-refractivity contribution in [3.05, 3.63) is 57.4 Å². The highest BCUT2D eigenvalue weighted by Crippen LogP contribution is 2.27. The Labute approximate surface area is 138 Å². The second kappa shape index (κ2) is 8.44. The Balaban J connectivity index is 0.00000200. The Morgan fingerprint density at radius 3 is 2.45 bits per heavy atom. The van der Waals surface area contributed by atoms with Gasteiger partial charge in [-0.15, -0.1) is 12.4 Å². The van der Waals surface area contributed by atoms with Gasteiger partial charge in [0, 0.05) is 0 Å². The summed E-state index contributed by atoms with van der Waals surface area (Å²) in [5, 5.41) is 3.13. The molecular weight excluding hydrogens is 392 g/mol. The third-order valence-electron chi connectivity index (χ3n) is 2.70. The molecule has 0 heterocycles. The molecule has 0 aromatic heterocycles. The van der Waals surface area contributed by atoms with Gasteiger partial charge < -0.3 is 10.1 Å². The summed E-state index contributed by atoms with van der Waals surface area (Å²) in [5.41, 5.74) is 1.27. The third kappa shape index (κ3) is 4.92. The van der Waals surface area contributed by atoms with E-state index < -0.39 is 0 Å². The molecular formula is C15H16ClFINO. The predicted octanol–water partition coefficient (Wildman–Crippen LogP) is 4.41. The van der Waals surface area contributed by atoms with E-state index in [9.17, 15) is 4.39 Å². The molecule has 0 aliphatic heterocycles. The van der Waals surface area contributed by atoms with Gasteiger partial charge in [-0.25, -0.2) is 4.39 Å². The van der Waals surface area contributed by atoms with Crippen molar-refractivity contribution in [2.24, 2.45) is 0 Å². The van der Waals surface area contributed by atoms with E-state index in [1.54, 1.807) is 12.1 Å². The molecule has 0 saturated heterocycles. The zero-order valence-electron chi connectivity index (χ0n) is 11.0. The minimum Gasteiger partial charge on any atom is -0.456 e. The summed E-state index contributed by atoms with van der Waals surface area (Å²) in [7, 11) is 1.94. The van der Waals surface area contributed by atoms with E-state index in [0.29, 0.717) is 5.75 Å². The van der Waals surface area contributed by atoms with E-state index in [1.165, 1.54) is 17.7 Å². The normalized spacial score (nSPS) is 9.95. The molecule has 0 saturated carbocycles.